The summed E-state index contributed by atoms with van der Waals surface area (Å²) in [4.78, 5) is 12.6. The average Bonchev–Trinajstić information content (AvgIpc) is 3.34. The van der Waals surface area contributed by atoms with Gasteiger partial charge in [-0.25, -0.2) is 0 Å². The van der Waals surface area contributed by atoms with Crippen molar-refractivity contribution in [2.45, 2.75) is 96.0 Å². The van der Waals surface area contributed by atoms with Crippen molar-refractivity contribution < 1.29 is 14.6 Å². The second-order valence-electron chi connectivity index (χ2n) is 10.6. The molecule has 4 aliphatic rings. The van der Waals surface area contributed by atoms with Crippen LogP contribution in [0.1, 0.15) is 94.6 Å². The second-order valence-corrected chi connectivity index (χ2v) is 10.6. The Kier molecular flexibility index (Phi) is 5.12. The minimum absolute atomic E-state index is 0.0513. The minimum atomic E-state index is 0.0513. The Balaban J connectivity index is 1.25. The summed E-state index contributed by atoms with van der Waals surface area (Å²) in [6.45, 7) is 2.40. The van der Waals surface area contributed by atoms with Crippen molar-refractivity contribution in [2.75, 3.05) is 0 Å². The summed E-state index contributed by atoms with van der Waals surface area (Å²) in [5, 5.41) is 9.86. The normalized spacial score (nSPS) is 36.3. The third-order valence-electron chi connectivity index (χ3n) is 9.13. The molecule has 3 unspecified atom stereocenters. The highest BCUT2D eigenvalue weighted by atomic mass is 16.5. The Labute approximate surface area is 175 Å². The molecule has 0 heterocycles. The van der Waals surface area contributed by atoms with Gasteiger partial charge in [0.05, 0.1) is 0 Å². The molecule has 29 heavy (non-hydrogen) atoms. The number of phenols is 1. The molecule has 0 aliphatic heterocycles. The summed E-state index contributed by atoms with van der Waals surface area (Å²) in [7, 11) is 0. The fraction of sp³-hybridized carbons (Fsp3) is 0.731. The number of aryl methyl sites for hydroxylation is 1. The standard InChI is InChI=1S/C26H36O3/c1-26-15-14-21-20-10-8-19(27)16-18(20)7-9-22(21)23(26)11-12-24(26)29-25(28)13-6-17-4-2-3-5-17/h8,10,16-17,21-24,27H,2-7,9,11-15H2,1H3/t21?,22?,23?,24-,26-/m0/s1. The van der Waals surface area contributed by atoms with Crippen molar-refractivity contribution in [3.8, 4) is 5.75 Å². The van der Waals surface area contributed by atoms with Crippen LogP contribution in [-0.2, 0) is 16.0 Å². The highest BCUT2D eigenvalue weighted by molar-refractivity contribution is 5.69. The van der Waals surface area contributed by atoms with Gasteiger partial charge in [0.25, 0.3) is 0 Å². The van der Waals surface area contributed by atoms with Crippen molar-refractivity contribution in [1.29, 1.82) is 0 Å². The van der Waals surface area contributed by atoms with Crippen LogP contribution < -0.4 is 0 Å². The van der Waals surface area contributed by atoms with Crippen LogP contribution >= 0.6 is 0 Å². The zero-order valence-corrected chi connectivity index (χ0v) is 17.9. The lowest BCUT2D eigenvalue weighted by atomic mass is 9.55. The van der Waals surface area contributed by atoms with E-state index in [1.54, 1.807) is 0 Å². The predicted octanol–water partition coefficient (Wildman–Crippen LogP) is 6.13. The quantitative estimate of drug-likeness (QED) is 0.623. The summed E-state index contributed by atoms with van der Waals surface area (Å²) in [6.07, 6.45) is 13.9. The van der Waals surface area contributed by atoms with Crippen LogP contribution in [0.25, 0.3) is 0 Å². The molecule has 0 bridgehead atoms. The minimum Gasteiger partial charge on any atom is -0.508 e. The van der Waals surface area contributed by atoms with Gasteiger partial charge in [-0.1, -0.05) is 38.7 Å². The lowest BCUT2D eigenvalue weighted by molar-refractivity contribution is -0.157. The number of ether oxygens (including phenoxy) is 1. The third kappa shape index (κ3) is 3.49. The first-order valence-corrected chi connectivity index (χ1v) is 12.1. The number of carbonyl (C=O) groups excluding carboxylic acids is 1. The van der Waals surface area contributed by atoms with Gasteiger partial charge in [0.2, 0.25) is 0 Å². The highest BCUT2D eigenvalue weighted by Gasteiger charge is 2.56. The zero-order chi connectivity index (χ0) is 20.0. The SMILES string of the molecule is C[C@]12CCC3c4ccc(O)cc4CCC3C1CC[C@@H]2OC(=O)CCC1CCCC1. The van der Waals surface area contributed by atoms with E-state index in [4.69, 9.17) is 4.74 Å². The molecule has 0 saturated heterocycles. The number of rotatable bonds is 4. The number of esters is 1. The van der Waals surface area contributed by atoms with E-state index in [9.17, 15) is 9.90 Å². The molecule has 0 radical (unpaired) electrons. The molecule has 0 amide bonds. The molecule has 158 valence electrons. The Morgan fingerprint density at radius 1 is 1.14 bits per heavy atom. The number of phenolic OH excluding ortho intramolecular Hbond substituents is 1. The maximum atomic E-state index is 12.6. The largest absolute Gasteiger partial charge is 0.508 e. The number of benzene rings is 1. The van der Waals surface area contributed by atoms with Gasteiger partial charge in [-0.2, -0.15) is 0 Å². The van der Waals surface area contributed by atoms with Gasteiger partial charge in [0.1, 0.15) is 11.9 Å². The highest BCUT2D eigenvalue weighted by Crippen LogP contribution is 2.61. The summed E-state index contributed by atoms with van der Waals surface area (Å²) < 4.78 is 6.14. The number of hydrogen-bond donors (Lipinski definition) is 1. The summed E-state index contributed by atoms with van der Waals surface area (Å²) >= 11 is 0. The second kappa shape index (κ2) is 7.63. The van der Waals surface area contributed by atoms with Crippen LogP contribution in [0, 0.1) is 23.2 Å². The summed E-state index contributed by atoms with van der Waals surface area (Å²) in [5.41, 5.74) is 2.97. The smallest absolute Gasteiger partial charge is 0.306 e. The predicted molar refractivity (Wildman–Crippen MR) is 114 cm³/mol. The maximum absolute atomic E-state index is 12.6. The van der Waals surface area contributed by atoms with E-state index in [-0.39, 0.29) is 17.5 Å². The van der Waals surface area contributed by atoms with Crippen molar-refractivity contribution in [2.24, 2.45) is 23.2 Å². The molecule has 3 saturated carbocycles. The van der Waals surface area contributed by atoms with Gasteiger partial charge in [-0.05, 0) is 91.9 Å². The average molecular weight is 397 g/mol. The van der Waals surface area contributed by atoms with Crippen molar-refractivity contribution >= 4 is 5.97 Å². The molecule has 1 aromatic carbocycles. The molecule has 3 nitrogen and oxygen atoms in total. The van der Waals surface area contributed by atoms with E-state index >= 15 is 0 Å². The first kappa shape index (κ1) is 19.5. The molecule has 3 heteroatoms. The molecule has 0 spiro atoms. The van der Waals surface area contributed by atoms with E-state index in [1.807, 2.05) is 12.1 Å². The van der Waals surface area contributed by atoms with E-state index in [0.717, 1.165) is 31.6 Å². The van der Waals surface area contributed by atoms with E-state index in [1.165, 1.54) is 56.1 Å². The van der Waals surface area contributed by atoms with Crippen LogP contribution in [0.4, 0.5) is 0 Å². The van der Waals surface area contributed by atoms with E-state index in [2.05, 4.69) is 13.0 Å². The van der Waals surface area contributed by atoms with Crippen molar-refractivity contribution in [1.82, 2.24) is 0 Å². The van der Waals surface area contributed by atoms with Crippen LogP contribution in [-0.4, -0.2) is 17.2 Å². The summed E-state index contributed by atoms with van der Waals surface area (Å²) in [6, 6.07) is 6.00. The van der Waals surface area contributed by atoms with Gasteiger partial charge in [0, 0.05) is 11.8 Å². The molecular weight excluding hydrogens is 360 g/mol. The molecule has 5 atom stereocenters. The van der Waals surface area contributed by atoms with E-state index in [0.29, 0.717) is 29.9 Å². The van der Waals surface area contributed by atoms with Crippen LogP contribution in [0.15, 0.2) is 18.2 Å². The molecule has 0 aromatic heterocycles. The van der Waals surface area contributed by atoms with Crippen molar-refractivity contribution in [3.05, 3.63) is 29.3 Å². The van der Waals surface area contributed by atoms with Crippen molar-refractivity contribution in [3.63, 3.8) is 0 Å². The first-order valence-electron chi connectivity index (χ1n) is 12.1. The lowest BCUT2D eigenvalue weighted by Gasteiger charge is -2.50. The van der Waals surface area contributed by atoms with Gasteiger partial charge < -0.3 is 9.84 Å². The molecule has 1 N–H and O–H groups in total. The number of aromatic hydroxyl groups is 1. The monoisotopic (exact) mass is 396 g/mol. The topological polar surface area (TPSA) is 46.5 Å². The molecule has 3 fully saturated rings. The molecule has 5 rings (SSSR count). The van der Waals surface area contributed by atoms with Crippen LogP contribution in [0.2, 0.25) is 0 Å². The fourth-order valence-corrected chi connectivity index (χ4v) is 7.55. The number of hydrogen-bond acceptors (Lipinski definition) is 3. The zero-order valence-electron chi connectivity index (χ0n) is 17.9. The third-order valence-corrected chi connectivity index (χ3v) is 9.13. The number of carbonyl (C=O) groups is 1. The molecular formula is C26H36O3. The molecule has 1 aromatic rings. The van der Waals surface area contributed by atoms with Crippen LogP contribution in [0.5, 0.6) is 5.75 Å². The first-order chi connectivity index (χ1) is 14.0. The Morgan fingerprint density at radius 3 is 2.79 bits per heavy atom. The Hall–Kier alpha value is -1.51. The lowest BCUT2D eigenvalue weighted by Crippen LogP contribution is -2.45. The van der Waals surface area contributed by atoms with Gasteiger partial charge in [0.15, 0.2) is 0 Å². The van der Waals surface area contributed by atoms with Gasteiger partial charge in [-0.15, -0.1) is 0 Å². The van der Waals surface area contributed by atoms with Gasteiger partial charge in [-0.3, -0.25) is 4.79 Å². The maximum Gasteiger partial charge on any atom is 0.306 e. The Morgan fingerprint density at radius 2 is 1.97 bits per heavy atom. The van der Waals surface area contributed by atoms with E-state index < -0.39 is 0 Å². The van der Waals surface area contributed by atoms with Crippen LogP contribution in [0.3, 0.4) is 0 Å². The fourth-order valence-electron chi connectivity index (χ4n) is 7.55. The summed E-state index contributed by atoms with van der Waals surface area (Å²) in [5.74, 6) is 3.19. The van der Waals surface area contributed by atoms with Gasteiger partial charge >= 0.3 is 5.97 Å². The number of fused-ring (bicyclic) bond motifs is 5. The molecule has 4 aliphatic carbocycles. The Bertz CT molecular complexity index is 765.